The summed E-state index contributed by atoms with van der Waals surface area (Å²) in [5, 5.41) is 0. The predicted octanol–water partition coefficient (Wildman–Crippen LogP) is 0.754. The summed E-state index contributed by atoms with van der Waals surface area (Å²) in [6.45, 7) is 0. The molecule has 0 aliphatic carbocycles. The van der Waals surface area contributed by atoms with Crippen LogP contribution in [0.3, 0.4) is 0 Å². The first-order valence-electron chi connectivity index (χ1n) is 6.18. The van der Waals surface area contributed by atoms with Crippen molar-refractivity contribution >= 4 is 28.2 Å². The number of carbonyl (C=O) groups is 1. The van der Waals surface area contributed by atoms with Crippen molar-refractivity contribution < 1.29 is 13.2 Å². The van der Waals surface area contributed by atoms with E-state index in [0.717, 1.165) is 5.56 Å². The number of hydrogen-bond acceptors (Lipinski definition) is 4. The molecule has 2 N–H and O–H groups in total. The average molecular weight is 319 g/mol. The number of halogens is 1. The Hall–Kier alpha value is -1.11. The Morgan fingerprint density at radius 3 is 2.45 bits per heavy atom. The molecule has 1 aliphatic heterocycles. The number of nitrogens with two attached hydrogens (primary N) is 1. The molecule has 1 aromatic carbocycles. The van der Waals surface area contributed by atoms with Crippen LogP contribution in [0.15, 0.2) is 30.3 Å². The van der Waals surface area contributed by atoms with E-state index in [9.17, 15) is 13.2 Å². The minimum atomic E-state index is -3.00. The second-order valence-electron chi connectivity index (χ2n) is 4.89. The van der Waals surface area contributed by atoms with Crippen molar-refractivity contribution in [1.82, 2.24) is 4.90 Å². The first-order chi connectivity index (χ1) is 8.91. The molecule has 0 bridgehead atoms. The van der Waals surface area contributed by atoms with Crippen molar-refractivity contribution in [3.05, 3.63) is 35.9 Å². The first kappa shape index (κ1) is 16.9. The molecular formula is C13H19ClN2O3S. The van der Waals surface area contributed by atoms with Crippen LogP contribution in [0, 0.1) is 0 Å². The van der Waals surface area contributed by atoms with E-state index >= 15 is 0 Å². The molecule has 0 aromatic heterocycles. The molecule has 0 spiro atoms. The normalized spacial score (nSPS) is 21.8. The lowest BCUT2D eigenvalue weighted by Crippen LogP contribution is -2.42. The third-order valence-corrected chi connectivity index (χ3v) is 5.28. The Kier molecular flexibility index (Phi) is 5.56. The smallest absolute Gasteiger partial charge is 0.244 e. The average Bonchev–Trinajstić information content (AvgIpc) is 2.77. The van der Waals surface area contributed by atoms with Crippen LogP contribution >= 0.6 is 12.4 Å². The van der Waals surface area contributed by atoms with Crippen molar-refractivity contribution in [3.63, 3.8) is 0 Å². The number of rotatable bonds is 3. The number of likely N-dealkylation sites (N-methyl/N-ethyl adjacent to an activating group) is 1. The summed E-state index contributed by atoms with van der Waals surface area (Å²) in [5.41, 5.74) is 6.67. The lowest BCUT2D eigenvalue weighted by atomic mass is 10.1. The van der Waals surface area contributed by atoms with Gasteiger partial charge in [-0.1, -0.05) is 30.3 Å². The van der Waals surface area contributed by atoms with Gasteiger partial charge in [0.25, 0.3) is 0 Å². The molecule has 20 heavy (non-hydrogen) atoms. The molecule has 1 heterocycles. The van der Waals surface area contributed by atoms with E-state index in [4.69, 9.17) is 5.73 Å². The van der Waals surface area contributed by atoms with E-state index < -0.39 is 15.9 Å². The second-order valence-corrected chi connectivity index (χ2v) is 7.12. The number of carbonyl (C=O) groups excluding carboxylic acids is 1. The summed E-state index contributed by atoms with van der Waals surface area (Å²) >= 11 is 0. The summed E-state index contributed by atoms with van der Waals surface area (Å²) in [4.78, 5) is 13.7. The van der Waals surface area contributed by atoms with Gasteiger partial charge in [-0.2, -0.15) is 0 Å². The lowest BCUT2D eigenvalue weighted by molar-refractivity contribution is -0.133. The molecule has 1 fully saturated rings. The van der Waals surface area contributed by atoms with E-state index in [1.165, 1.54) is 4.90 Å². The van der Waals surface area contributed by atoms with E-state index in [2.05, 4.69) is 0 Å². The van der Waals surface area contributed by atoms with Crippen LogP contribution in [0.25, 0.3) is 0 Å². The fraction of sp³-hybridized carbons (Fsp3) is 0.462. The molecule has 2 atom stereocenters. The molecule has 0 radical (unpaired) electrons. The standard InChI is InChI=1S/C13H18N2O3S.ClH/c1-15(11-7-8-19(17,18)9-11)13(16)12(14)10-5-3-2-4-6-10;/h2-6,11-12H,7-9,14H2,1H3;1H. The van der Waals surface area contributed by atoms with E-state index in [1.807, 2.05) is 18.2 Å². The molecule has 1 aliphatic rings. The summed E-state index contributed by atoms with van der Waals surface area (Å²) in [6.07, 6.45) is 0.492. The maximum Gasteiger partial charge on any atom is 0.244 e. The lowest BCUT2D eigenvalue weighted by Gasteiger charge is -2.26. The van der Waals surface area contributed by atoms with Gasteiger partial charge in [0.05, 0.1) is 11.5 Å². The minimum absolute atomic E-state index is 0. The fourth-order valence-electron chi connectivity index (χ4n) is 2.28. The monoisotopic (exact) mass is 318 g/mol. The van der Waals surface area contributed by atoms with Gasteiger partial charge in [0.15, 0.2) is 9.84 Å². The van der Waals surface area contributed by atoms with Crippen LogP contribution in [0.4, 0.5) is 0 Å². The van der Waals surface area contributed by atoms with Gasteiger partial charge in [-0.25, -0.2) is 8.42 Å². The van der Waals surface area contributed by atoms with Crippen LogP contribution in [-0.4, -0.2) is 43.8 Å². The summed E-state index contributed by atoms with van der Waals surface area (Å²) in [6, 6.07) is 8.09. The van der Waals surface area contributed by atoms with Crippen LogP contribution < -0.4 is 5.73 Å². The van der Waals surface area contributed by atoms with Gasteiger partial charge in [-0.05, 0) is 12.0 Å². The molecule has 1 aromatic rings. The minimum Gasteiger partial charge on any atom is -0.340 e. The van der Waals surface area contributed by atoms with Gasteiger partial charge < -0.3 is 10.6 Å². The van der Waals surface area contributed by atoms with Crippen molar-refractivity contribution in [2.24, 2.45) is 5.73 Å². The van der Waals surface area contributed by atoms with Crippen molar-refractivity contribution in [2.45, 2.75) is 18.5 Å². The highest BCUT2D eigenvalue weighted by Crippen LogP contribution is 2.20. The zero-order valence-corrected chi connectivity index (χ0v) is 12.9. The summed E-state index contributed by atoms with van der Waals surface area (Å²) in [7, 11) is -1.38. The third kappa shape index (κ3) is 3.71. The first-order valence-corrected chi connectivity index (χ1v) is 8.00. The highest BCUT2D eigenvalue weighted by atomic mass is 35.5. The number of sulfone groups is 1. The van der Waals surface area contributed by atoms with E-state index in [0.29, 0.717) is 6.42 Å². The Morgan fingerprint density at radius 1 is 1.35 bits per heavy atom. The molecule has 0 saturated carbocycles. The van der Waals surface area contributed by atoms with Gasteiger partial charge in [-0.3, -0.25) is 4.79 Å². The van der Waals surface area contributed by atoms with E-state index in [-0.39, 0.29) is 35.9 Å². The van der Waals surface area contributed by atoms with Crippen molar-refractivity contribution in [1.29, 1.82) is 0 Å². The second kappa shape index (κ2) is 6.56. The van der Waals surface area contributed by atoms with Crippen molar-refractivity contribution in [3.8, 4) is 0 Å². The largest absolute Gasteiger partial charge is 0.340 e. The maximum atomic E-state index is 12.2. The maximum absolute atomic E-state index is 12.2. The number of hydrogen-bond donors (Lipinski definition) is 1. The Balaban J connectivity index is 0.00000200. The predicted molar refractivity (Wildman–Crippen MR) is 80.4 cm³/mol. The quantitative estimate of drug-likeness (QED) is 0.892. The topological polar surface area (TPSA) is 80.5 Å². The van der Waals surface area contributed by atoms with Crippen molar-refractivity contribution in [2.75, 3.05) is 18.6 Å². The van der Waals surface area contributed by atoms with Crippen LogP contribution in [0.5, 0.6) is 0 Å². The number of amides is 1. The molecule has 112 valence electrons. The molecule has 2 rings (SSSR count). The number of benzene rings is 1. The Labute approximate surface area is 125 Å². The van der Waals surface area contributed by atoms with Crippen LogP contribution in [0.2, 0.25) is 0 Å². The van der Waals surface area contributed by atoms with Gasteiger partial charge in [0.1, 0.15) is 6.04 Å². The zero-order chi connectivity index (χ0) is 14.0. The van der Waals surface area contributed by atoms with Gasteiger partial charge in [0, 0.05) is 13.1 Å². The van der Waals surface area contributed by atoms with Crippen LogP contribution in [-0.2, 0) is 14.6 Å². The molecule has 1 saturated heterocycles. The molecule has 7 heteroatoms. The molecule has 2 unspecified atom stereocenters. The Bertz CT molecular complexity index is 562. The zero-order valence-electron chi connectivity index (χ0n) is 11.2. The molecular weight excluding hydrogens is 300 g/mol. The van der Waals surface area contributed by atoms with Crippen LogP contribution in [0.1, 0.15) is 18.0 Å². The SMILES string of the molecule is CN(C(=O)C(N)c1ccccc1)C1CCS(=O)(=O)C1.Cl. The van der Waals surface area contributed by atoms with Gasteiger partial charge in [0.2, 0.25) is 5.91 Å². The fourth-order valence-corrected chi connectivity index (χ4v) is 4.06. The molecule has 5 nitrogen and oxygen atoms in total. The van der Waals surface area contributed by atoms with Gasteiger partial charge >= 0.3 is 0 Å². The molecule has 1 amide bonds. The van der Waals surface area contributed by atoms with E-state index in [1.54, 1.807) is 19.2 Å². The summed E-state index contributed by atoms with van der Waals surface area (Å²) < 4.78 is 22.9. The Morgan fingerprint density at radius 2 is 1.95 bits per heavy atom. The third-order valence-electron chi connectivity index (χ3n) is 3.53. The summed E-state index contributed by atoms with van der Waals surface area (Å²) in [5.74, 6) is -0.0552. The van der Waals surface area contributed by atoms with Gasteiger partial charge in [-0.15, -0.1) is 12.4 Å². The highest BCUT2D eigenvalue weighted by Gasteiger charge is 2.34. The number of nitrogens with zero attached hydrogens (tertiary/aromatic N) is 1. The highest BCUT2D eigenvalue weighted by molar-refractivity contribution is 7.91.